The highest BCUT2D eigenvalue weighted by Crippen LogP contribution is 2.17. The van der Waals surface area contributed by atoms with Crippen LogP contribution < -0.4 is 11.1 Å². The standard InChI is InChI=1S/C9H19N3O/c1-6(2)8(13)5-11-9(10)12-7-3-4-7/h6-8,13H,3-5H2,1-2H3,(H3,10,11,12). The smallest absolute Gasteiger partial charge is 0.188 e. The number of rotatable bonds is 4. The van der Waals surface area contributed by atoms with Crippen molar-refractivity contribution in [1.29, 1.82) is 0 Å². The van der Waals surface area contributed by atoms with Crippen LogP contribution in [0.3, 0.4) is 0 Å². The Hall–Kier alpha value is -0.770. The first kappa shape index (κ1) is 10.3. The molecule has 0 amide bonds. The van der Waals surface area contributed by atoms with E-state index >= 15 is 0 Å². The van der Waals surface area contributed by atoms with Crippen LogP contribution in [0.5, 0.6) is 0 Å². The monoisotopic (exact) mass is 185 g/mol. The van der Waals surface area contributed by atoms with Crippen LogP contribution in [0.15, 0.2) is 4.99 Å². The molecule has 1 aliphatic rings. The first-order valence-corrected chi connectivity index (χ1v) is 4.84. The highest BCUT2D eigenvalue weighted by molar-refractivity contribution is 5.78. The van der Waals surface area contributed by atoms with Crippen LogP contribution >= 0.6 is 0 Å². The molecular weight excluding hydrogens is 166 g/mol. The number of nitrogens with zero attached hydrogens (tertiary/aromatic N) is 1. The Kier molecular flexibility index (Phi) is 3.54. The first-order chi connectivity index (χ1) is 6.09. The van der Waals surface area contributed by atoms with Gasteiger partial charge < -0.3 is 16.2 Å². The fourth-order valence-electron chi connectivity index (χ4n) is 0.885. The molecule has 0 aromatic rings. The van der Waals surface area contributed by atoms with Gasteiger partial charge in [0.05, 0.1) is 12.6 Å². The first-order valence-electron chi connectivity index (χ1n) is 4.84. The normalized spacial score (nSPS) is 20.5. The average Bonchev–Trinajstić information content (AvgIpc) is 2.83. The molecule has 1 saturated carbocycles. The van der Waals surface area contributed by atoms with Gasteiger partial charge in [0, 0.05) is 6.04 Å². The summed E-state index contributed by atoms with van der Waals surface area (Å²) in [6.07, 6.45) is 1.98. The maximum atomic E-state index is 9.43. The molecule has 0 bridgehead atoms. The fourth-order valence-corrected chi connectivity index (χ4v) is 0.885. The Morgan fingerprint density at radius 3 is 2.69 bits per heavy atom. The van der Waals surface area contributed by atoms with E-state index in [0.717, 1.165) is 0 Å². The van der Waals surface area contributed by atoms with Crippen LogP contribution in [0.2, 0.25) is 0 Å². The lowest BCUT2D eigenvalue weighted by Crippen LogP contribution is -2.34. The molecular formula is C9H19N3O. The van der Waals surface area contributed by atoms with Crippen molar-refractivity contribution >= 4 is 5.96 Å². The maximum absolute atomic E-state index is 9.43. The van der Waals surface area contributed by atoms with Crippen molar-refractivity contribution in [1.82, 2.24) is 5.32 Å². The van der Waals surface area contributed by atoms with Crippen LogP contribution in [0.1, 0.15) is 26.7 Å². The van der Waals surface area contributed by atoms with E-state index in [1.165, 1.54) is 12.8 Å². The van der Waals surface area contributed by atoms with Crippen LogP contribution in [0.25, 0.3) is 0 Å². The molecule has 0 aromatic heterocycles. The Labute approximate surface area is 79.2 Å². The molecule has 1 fully saturated rings. The van der Waals surface area contributed by atoms with E-state index < -0.39 is 0 Å². The van der Waals surface area contributed by atoms with Gasteiger partial charge in [-0.1, -0.05) is 13.8 Å². The zero-order valence-electron chi connectivity index (χ0n) is 8.33. The molecule has 0 spiro atoms. The molecule has 4 nitrogen and oxygen atoms in total. The molecule has 4 heteroatoms. The van der Waals surface area contributed by atoms with E-state index in [4.69, 9.17) is 5.73 Å². The summed E-state index contributed by atoms with van der Waals surface area (Å²) in [7, 11) is 0. The second-order valence-corrected chi connectivity index (χ2v) is 3.96. The number of hydrogen-bond acceptors (Lipinski definition) is 2. The predicted molar refractivity (Wildman–Crippen MR) is 53.5 cm³/mol. The summed E-state index contributed by atoms with van der Waals surface area (Å²) in [4.78, 5) is 4.06. The highest BCUT2D eigenvalue weighted by atomic mass is 16.3. The zero-order chi connectivity index (χ0) is 9.84. The van der Waals surface area contributed by atoms with Gasteiger partial charge in [-0.2, -0.15) is 0 Å². The van der Waals surface area contributed by atoms with Crippen LogP contribution in [-0.4, -0.2) is 29.8 Å². The third-order valence-electron chi connectivity index (χ3n) is 2.15. The van der Waals surface area contributed by atoms with E-state index in [0.29, 0.717) is 18.5 Å². The third kappa shape index (κ3) is 4.12. The molecule has 1 unspecified atom stereocenters. The van der Waals surface area contributed by atoms with Crippen molar-refractivity contribution in [3.05, 3.63) is 0 Å². The van der Waals surface area contributed by atoms with Gasteiger partial charge in [-0.15, -0.1) is 0 Å². The number of nitrogens with two attached hydrogens (primary N) is 1. The molecule has 1 rings (SSSR count). The topological polar surface area (TPSA) is 70.6 Å². The molecule has 0 saturated heterocycles. The number of aliphatic hydroxyl groups excluding tert-OH is 1. The predicted octanol–water partition coefficient (Wildman–Crippen LogP) is 0.0700. The highest BCUT2D eigenvalue weighted by Gasteiger charge is 2.21. The summed E-state index contributed by atoms with van der Waals surface area (Å²) in [5.41, 5.74) is 5.59. The number of hydrogen-bond donors (Lipinski definition) is 3. The van der Waals surface area contributed by atoms with Crippen molar-refractivity contribution in [2.24, 2.45) is 16.6 Å². The van der Waals surface area contributed by atoms with Crippen LogP contribution in [0.4, 0.5) is 0 Å². The van der Waals surface area contributed by atoms with Crippen molar-refractivity contribution in [3.8, 4) is 0 Å². The van der Waals surface area contributed by atoms with Gasteiger partial charge >= 0.3 is 0 Å². The molecule has 4 N–H and O–H groups in total. The summed E-state index contributed by atoms with van der Waals surface area (Å²) >= 11 is 0. The largest absolute Gasteiger partial charge is 0.391 e. The second kappa shape index (κ2) is 4.46. The number of aliphatic hydroxyl groups is 1. The summed E-state index contributed by atoms with van der Waals surface area (Å²) in [6, 6.07) is 0.528. The Morgan fingerprint density at radius 1 is 1.62 bits per heavy atom. The van der Waals surface area contributed by atoms with Gasteiger partial charge in [0.25, 0.3) is 0 Å². The maximum Gasteiger partial charge on any atom is 0.188 e. The quantitative estimate of drug-likeness (QED) is 0.429. The lowest BCUT2D eigenvalue weighted by molar-refractivity contribution is 0.134. The van der Waals surface area contributed by atoms with Gasteiger partial charge in [-0.25, -0.2) is 0 Å². The third-order valence-corrected chi connectivity index (χ3v) is 2.15. The molecule has 13 heavy (non-hydrogen) atoms. The lowest BCUT2D eigenvalue weighted by Gasteiger charge is -2.11. The van der Waals surface area contributed by atoms with Crippen molar-refractivity contribution in [2.45, 2.75) is 38.8 Å². The minimum absolute atomic E-state index is 0.234. The zero-order valence-corrected chi connectivity index (χ0v) is 8.33. The molecule has 0 radical (unpaired) electrons. The van der Waals surface area contributed by atoms with Crippen molar-refractivity contribution < 1.29 is 5.11 Å². The Bertz CT molecular complexity index is 187. The van der Waals surface area contributed by atoms with Gasteiger partial charge in [-0.3, -0.25) is 4.99 Å². The Balaban J connectivity index is 2.20. The summed E-state index contributed by atoms with van der Waals surface area (Å²) in [5.74, 6) is 0.694. The molecule has 76 valence electrons. The Morgan fingerprint density at radius 2 is 2.23 bits per heavy atom. The average molecular weight is 185 g/mol. The van der Waals surface area contributed by atoms with E-state index in [1.807, 2.05) is 13.8 Å². The molecule has 0 heterocycles. The minimum atomic E-state index is -0.389. The minimum Gasteiger partial charge on any atom is -0.391 e. The van der Waals surface area contributed by atoms with Gasteiger partial charge in [0.1, 0.15) is 0 Å². The number of aliphatic imine (C=N–C) groups is 1. The lowest BCUT2D eigenvalue weighted by atomic mass is 10.1. The van der Waals surface area contributed by atoms with Crippen molar-refractivity contribution in [3.63, 3.8) is 0 Å². The summed E-state index contributed by atoms with van der Waals surface area (Å²) < 4.78 is 0. The fraction of sp³-hybridized carbons (Fsp3) is 0.889. The van der Waals surface area contributed by atoms with Gasteiger partial charge in [-0.05, 0) is 18.8 Å². The molecule has 0 aromatic carbocycles. The molecule has 0 aliphatic heterocycles. The van der Waals surface area contributed by atoms with Crippen molar-refractivity contribution in [2.75, 3.05) is 6.54 Å². The SMILES string of the molecule is CC(C)C(O)CN=C(N)NC1CC1. The second-order valence-electron chi connectivity index (χ2n) is 3.96. The van der Waals surface area contributed by atoms with E-state index in [1.54, 1.807) is 0 Å². The summed E-state index contributed by atoms with van der Waals surface area (Å²) in [5, 5.41) is 12.5. The summed E-state index contributed by atoms with van der Waals surface area (Å²) in [6.45, 7) is 4.32. The van der Waals surface area contributed by atoms with Crippen LogP contribution in [0, 0.1) is 5.92 Å². The van der Waals surface area contributed by atoms with Gasteiger partial charge in [0.15, 0.2) is 5.96 Å². The number of guanidine groups is 1. The van der Waals surface area contributed by atoms with E-state index in [9.17, 15) is 5.11 Å². The van der Waals surface area contributed by atoms with E-state index in [2.05, 4.69) is 10.3 Å². The number of nitrogens with one attached hydrogen (secondary N) is 1. The molecule has 1 atom stereocenters. The van der Waals surface area contributed by atoms with E-state index in [-0.39, 0.29) is 12.0 Å². The van der Waals surface area contributed by atoms with Crippen LogP contribution in [-0.2, 0) is 0 Å². The van der Waals surface area contributed by atoms with Gasteiger partial charge in [0.2, 0.25) is 0 Å². The molecule has 1 aliphatic carbocycles.